The Morgan fingerprint density at radius 3 is 1.95 bits per heavy atom. The highest BCUT2D eigenvalue weighted by Gasteiger charge is 2.30. The maximum absolute atomic E-state index is 13.5. The second kappa shape index (κ2) is 12.2. The van der Waals surface area contributed by atoms with Gasteiger partial charge in [0.25, 0.3) is 5.91 Å². The number of carbonyl (C=O) groups is 1. The van der Waals surface area contributed by atoms with Crippen LogP contribution < -0.4 is 24.3 Å². The number of halogens is 3. The summed E-state index contributed by atoms with van der Waals surface area (Å²) in [6.07, 6.45) is -0.911. The van der Waals surface area contributed by atoms with Crippen molar-refractivity contribution in [1.29, 1.82) is 0 Å². The van der Waals surface area contributed by atoms with Crippen LogP contribution in [0.15, 0.2) is 67.0 Å². The lowest BCUT2D eigenvalue weighted by Gasteiger charge is -2.23. The van der Waals surface area contributed by atoms with Gasteiger partial charge in [0.1, 0.15) is 0 Å². The molecule has 0 aliphatic carbocycles. The first-order valence-corrected chi connectivity index (χ1v) is 12.5. The Hall–Kier alpha value is -4.73. The Morgan fingerprint density at radius 1 is 0.805 bits per heavy atom. The van der Waals surface area contributed by atoms with Gasteiger partial charge in [0, 0.05) is 41.2 Å². The standard InChI is InChI=1S/C31H29F3N2O5/c1-18-24(27(39-3)29(41-5)28(40-4)26(18)38-2)17-20-7-6-8-23(25(20)19-13-15-35-16-14-19)30(37)36-22-11-9-21(10-12-22)31(32,33)34/h6-16H,17H2,1-5H3,(H,36,37). The number of amides is 1. The van der Waals surface area contributed by atoms with Crippen molar-refractivity contribution in [3.8, 4) is 34.1 Å². The first-order chi connectivity index (χ1) is 19.6. The number of rotatable bonds is 9. The number of ether oxygens (including phenoxy) is 4. The first kappa shape index (κ1) is 29.3. The molecule has 0 aliphatic heterocycles. The molecule has 0 saturated heterocycles. The Kier molecular flexibility index (Phi) is 8.71. The predicted octanol–water partition coefficient (Wildman–Crippen LogP) is 6.95. The van der Waals surface area contributed by atoms with Crippen LogP contribution in [0, 0.1) is 6.92 Å². The average molecular weight is 567 g/mol. The molecule has 4 rings (SSSR count). The minimum Gasteiger partial charge on any atom is -0.492 e. The normalized spacial score (nSPS) is 11.1. The number of hydrogen-bond donors (Lipinski definition) is 1. The number of aromatic nitrogens is 1. The monoisotopic (exact) mass is 566 g/mol. The molecule has 0 bridgehead atoms. The van der Waals surface area contributed by atoms with Gasteiger partial charge in [-0.3, -0.25) is 9.78 Å². The van der Waals surface area contributed by atoms with Gasteiger partial charge in [0.2, 0.25) is 11.5 Å². The van der Waals surface area contributed by atoms with Gasteiger partial charge in [-0.2, -0.15) is 13.2 Å². The molecule has 0 radical (unpaired) electrons. The van der Waals surface area contributed by atoms with Crippen LogP contribution in [-0.2, 0) is 12.6 Å². The second-order valence-corrected chi connectivity index (χ2v) is 9.02. The van der Waals surface area contributed by atoms with Crippen LogP contribution >= 0.6 is 0 Å². The van der Waals surface area contributed by atoms with E-state index in [1.54, 1.807) is 36.7 Å². The van der Waals surface area contributed by atoms with Gasteiger partial charge in [-0.05, 0) is 66.1 Å². The lowest BCUT2D eigenvalue weighted by atomic mass is 9.89. The Labute approximate surface area is 235 Å². The molecular formula is C31H29F3N2O5. The van der Waals surface area contributed by atoms with E-state index < -0.39 is 17.6 Å². The zero-order valence-electron chi connectivity index (χ0n) is 23.2. The summed E-state index contributed by atoms with van der Waals surface area (Å²) in [4.78, 5) is 17.6. The van der Waals surface area contributed by atoms with Crippen molar-refractivity contribution < 1.29 is 36.9 Å². The average Bonchev–Trinajstić information content (AvgIpc) is 2.97. The molecule has 0 aliphatic rings. The number of pyridine rings is 1. The summed E-state index contributed by atoms with van der Waals surface area (Å²) in [7, 11) is 6.09. The molecule has 0 atom stereocenters. The Bertz CT molecular complexity index is 1540. The van der Waals surface area contributed by atoms with Gasteiger partial charge in [-0.1, -0.05) is 12.1 Å². The molecule has 0 spiro atoms. The van der Waals surface area contributed by atoms with Gasteiger partial charge in [0.15, 0.2) is 11.5 Å². The van der Waals surface area contributed by atoms with Crippen LogP contribution in [0.2, 0.25) is 0 Å². The number of carbonyl (C=O) groups excluding carboxylic acids is 1. The van der Waals surface area contributed by atoms with Crippen LogP contribution in [-0.4, -0.2) is 39.3 Å². The molecule has 7 nitrogen and oxygen atoms in total. The molecular weight excluding hydrogens is 537 g/mol. The minimum absolute atomic E-state index is 0.233. The second-order valence-electron chi connectivity index (χ2n) is 9.02. The Balaban J connectivity index is 1.84. The van der Waals surface area contributed by atoms with Crippen molar-refractivity contribution in [1.82, 2.24) is 4.98 Å². The largest absolute Gasteiger partial charge is 0.492 e. The third kappa shape index (κ3) is 5.91. The molecule has 3 aromatic carbocycles. The van der Waals surface area contributed by atoms with E-state index in [0.29, 0.717) is 40.5 Å². The number of anilines is 1. The van der Waals surface area contributed by atoms with Crippen LogP contribution in [0.25, 0.3) is 11.1 Å². The number of hydrogen-bond acceptors (Lipinski definition) is 6. The highest BCUT2D eigenvalue weighted by Crippen LogP contribution is 2.50. The molecule has 0 unspecified atom stereocenters. The van der Waals surface area contributed by atoms with E-state index in [2.05, 4.69) is 10.3 Å². The van der Waals surface area contributed by atoms with Crippen LogP contribution in [0.1, 0.15) is 32.6 Å². The predicted molar refractivity (Wildman–Crippen MR) is 149 cm³/mol. The fourth-order valence-corrected chi connectivity index (χ4v) is 4.79. The summed E-state index contributed by atoms with van der Waals surface area (Å²) in [5, 5.41) is 2.72. The van der Waals surface area contributed by atoms with Gasteiger partial charge in [-0.25, -0.2) is 0 Å². The Morgan fingerprint density at radius 2 is 1.39 bits per heavy atom. The molecule has 1 amide bonds. The molecule has 41 heavy (non-hydrogen) atoms. The molecule has 214 valence electrons. The SMILES string of the molecule is COc1c(C)c(Cc2cccc(C(=O)Nc3ccc(C(F)(F)F)cc3)c2-c2ccncc2)c(OC)c(OC)c1OC. The third-order valence-corrected chi connectivity index (χ3v) is 6.70. The quantitative estimate of drug-likeness (QED) is 0.236. The summed E-state index contributed by atoms with van der Waals surface area (Å²) in [6, 6.07) is 13.2. The van der Waals surface area contributed by atoms with E-state index in [1.165, 1.54) is 40.6 Å². The van der Waals surface area contributed by atoms with Crippen molar-refractivity contribution in [2.75, 3.05) is 33.8 Å². The van der Waals surface area contributed by atoms with E-state index in [0.717, 1.165) is 34.4 Å². The summed E-state index contributed by atoms with van der Waals surface area (Å²) in [5.41, 5.74) is 3.44. The number of methoxy groups -OCH3 is 4. The highest BCUT2D eigenvalue weighted by molar-refractivity contribution is 6.09. The summed E-state index contributed by atoms with van der Waals surface area (Å²) >= 11 is 0. The minimum atomic E-state index is -4.47. The lowest BCUT2D eigenvalue weighted by molar-refractivity contribution is -0.137. The van der Waals surface area contributed by atoms with Gasteiger partial charge < -0.3 is 24.3 Å². The highest BCUT2D eigenvalue weighted by atomic mass is 19.4. The van der Waals surface area contributed by atoms with Crippen molar-refractivity contribution in [2.45, 2.75) is 19.5 Å². The summed E-state index contributed by atoms with van der Waals surface area (Å²) < 4.78 is 61.6. The van der Waals surface area contributed by atoms with Crippen molar-refractivity contribution >= 4 is 11.6 Å². The first-order valence-electron chi connectivity index (χ1n) is 12.5. The molecule has 1 heterocycles. The van der Waals surface area contributed by atoms with Crippen molar-refractivity contribution in [2.24, 2.45) is 0 Å². The van der Waals surface area contributed by atoms with E-state index in [-0.39, 0.29) is 5.69 Å². The van der Waals surface area contributed by atoms with Gasteiger partial charge >= 0.3 is 6.18 Å². The number of nitrogens with one attached hydrogen (secondary N) is 1. The number of alkyl halides is 3. The number of nitrogens with zero attached hydrogens (tertiary/aromatic N) is 1. The van der Waals surface area contributed by atoms with E-state index in [1.807, 2.05) is 13.0 Å². The van der Waals surface area contributed by atoms with Gasteiger partial charge in [-0.15, -0.1) is 0 Å². The van der Waals surface area contributed by atoms with Crippen LogP contribution in [0.5, 0.6) is 23.0 Å². The third-order valence-electron chi connectivity index (χ3n) is 6.70. The maximum Gasteiger partial charge on any atom is 0.416 e. The van der Waals surface area contributed by atoms with Crippen LogP contribution in [0.4, 0.5) is 18.9 Å². The molecule has 0 saturated carbocycles. The lowest BCUT2D eigenvalue weighted by Crippen LogP contribution is -2.15. The molecule has 4 aromatic rings. The molecule has 10 heteroatoms. The van der Waals surface area contributed by atoms with Crippen molar-refractivity contribution in [3.05, 3.63) is 94.8 Å². The number of benzene rings is 3. The van der Waals surface area contributed by atoms with Gasteiger partial charge in [0.05, 0.1) is 34.0 Å². The smallest absolute Gasteiger partial charge is 0.416 e. The molecule has 0 fully saturated rings. The molecule has 1 aromatic heterocycles. The van der Waals surface area contributed by atoms with E-state index >= 15 is 0 Å². The topological polar surface area (TPSA) is 78.9 Å². The summed E-state index contributed by atoms with van der Waals surface area (Å²) in [6.45, 7) is 1.88. The maximum atomic E-state index is 13.5. The molecule has 1 N–H and O–H groups in total. The fraction of sp³-hybridized carbons (Fsp3) is 0.226. The van der Waals surface area contributed by atoms with E-state index in [9.17, 15) is 18.0 Å². The zero-order valence-corrected chi connectivity index (χ0v) is 23.2. The fourth-order valence-electron chi connectivity index (χ4n) is 4.79. The zero-order chi connectivity index (χ0) is 29.7. The summed E-state index contributed by atoms with van der Waals surface area (Å²) in [5.74, 6) is 1.23. The van der Waals surface area contributed by atoms with Crippen molar-refractivity contribution in [3.63, 3.8) is 0 Å². The van der Waals surface area contributed by atoms with E-state index in [4.69, 9.17) is 18.9 Å². The van der Waals surface area contributed by atoms with Crippen LogP contribution in [0.3, 0.4) is 0 Å².